The summed E-state index contributed by atoms with van der Waals surface area (Å²) in [6, 6.07) is 19.0. The highest BCUT2D eigenvalue weighted by atomic mass is 35.5. The average Bonchev–Trinajstić information content (AvgIpc) is 2.93. The zero-order valence-corrected chi connectivity index (χ0v) is 23.9. The van der Waals surface area contributed by atoms with Crippen molar-refractivity contribution in [2.75, 3.05) is 17.9 Å². The number of sulfonamides is 1. The number of benzene rings is 3. The van der Waals surface area contributed by atoms with Crippen molar-refractivity contribution in [2.45, 2.75) is 44.2 Å². The molecule has 0 aliphatic rings. The number of hydrogen-bond donors (Lipinski definition) is 1. The van der Waals surface area contributed by atoms with Crippen LogP contribution >= 0.6 is 23.2 Å². The summed E-state index contributed by atoms with van der Waals surface area (Å²) in [5.74, 6) is -0.954. The molecule has 0 saturated carbocycles. The van der Waals surface area contributed by atoms with Gasteiger partial charge >= 0.3 is 0 Å². The van der Waals surface area contributed by atoms with Gasteiger partial charge in [0.1, 0.15) is 12.6 Å². The van der Waals surface area contributed by atoms with E-state index in [1.54, 1.807) is 55.5 Å². The van der Waals surface area contributed by atoms with Crippen LogP contribution in [0, 0.1) is 0 Å². The minimum atomic E-state index is -4.12. The number of likely N-dealkylation sites (N-methyl/N-ethyl adjacent to an activating group) is 1. The van der Waals surface area contributed by atoms with Crippen LogP contribution in [0.1, 0.15) is 31.4 Å². The van der Waals surface area contributed by atoms with Crippen molar-refractivity contribution >= 4 is 50.7 Å². The molecule has 0 heterocycles. The average molecular weight is 577 g/mol. The van der Waals surface area contributed by atoms with E-state index in [-0.39, 0.29) is 17.3 Å². The van der Waals surface area contributed by atoms with Gasteiger partial charge in [0.15, 0.2) is 0 Å². The molecule has 1 atom stereocenters. The second kappa shape index (κ2) is 13.1. The molecule has 0 fully saturated rings. The molecule has 2 amide bonds. The van der Waals surface area contributed by atoms with Crippen molar-refractivity contribution in [1.29, 1.82) is 0 Å². The summed E-state index contributed by atoms with van der Waals surface area (Å²) >= 11 is 12.8. The Morgan fingerprint density at radius 2 is 1.50 bits per heavy atom. The number of aryl methyl sites for hydroxylation is 1. The number of nitrogens with zero attached hydrogens (tertiary/aromatic N) is 2. The molecule has 7 nitrogen and oxygen atoms in total. The molecule has 3 aromatic rings. The van der Waals surface area contributed by atoms with Crippen LogP contribution in [-0.2, 0) is 32.6 Å². The lowest BCUT2D eigenvalue weighted by Gasteiger charge is -2.33. The first-order valence-corrected chi connectivity index (χ1v) is 14.4. The van der Waals surface area contributed by atoms with Crippen molar-refractivity contribution < 1.29 is 18.0 Å². The van der Waals surface area contributed by atoms with Gasteiger partial charge in [0.05, 0.1) is 10.6 Å². The Morgan fingerprint density at radius 3 is 2.03 bits per heavy atom. The first-order valence-electron chi connectivity index (χ1n) is 12.2. The third-order valence-corrected chi connectivity index (χ3v) is 8.76. The standard InChI is InChI=1S/C28H31Cl2N3O4S/c1-4-20-14-16-21(17-15-20)33(38(36,37)22-10-7-6-8-11-22)19-27(34)32(26(5-2)28(35)31-3)18-23-24(29)12-9-13-25(23)30/h6-17,26H,4-5,18-19H2,1-3H3,(H,31,35). The second-order valence-corrected chi connectivity index (χ2v) is 11.3. The van der Waals surface area contributed by atoms with E-state index in [1.807, 2.05) is 19.1 Å². The summed E-state index contributed by atoms with van der Waals surface area (Å²) in [4.78, 5) is 28.1. The van der Waals surface area contributed by atoms with Gasteiger partial charge in [-0.05, 0) is 54.8 Å². The minimum Gasteiger partial charge on any atom is -0.357 e. The minimum absolute atomic E-state index is 0.0476. The monoisotopic (exact) mass is 575 g/mol. The van der Waals surface area contributed by atoms with Crippen molar-refractivity contribution in [3.05, 3.63) is 94.0 Å². The summed E-state index contributed by atoms with van der Waals surface area (Å²) in [6.45, 7) is 3.17. The van der Waals surface area contributed by atoms with Crippen molar-refractivity contribution in [3.63, 3.8) is 0 Å². The molecule has 0 saturated heterocycles. The number of amides is 2. The fourth-order valence-electron chi connectivity index (χ4n) is 4.09. The topological polar surface area (TPSA) is 86.8 Å². The maximum Gasteiger partial charge on any atom is 0.264 e. The maximum atomic E-state index is 13.9. The Labute approximate surface area is 234 Å². The molecule has 0 aliphatic carbocycles. The number of anilines is 1. The van der Waals surface area contributed by atoms with E-state index in [0.29, 0.717) is 27.7 Å². The zero-order valence-electron chi connectivity index (χ0n) is 21.5. The summed E-state index contributed by atoms with van der Waals surface area (Å²) < 4.78 is 28.6. The van der Waals surface area contributed by atoms with Gasteiger partial charge in [0.2, 0.25) is 11.8 Å². The van der Waals surface area contributed by atoms with Crippen LogP contribution in [0.3, 0.4) is 0 Å². The van der Waals surface area contributed by atoms with E-state index in [1.165, 1.54) is 24.1 Å². The Kier molecular flexibility index (Phi) is 10.2. The highest BCUT2D eigenvalue weighted by Crippen LogP contribution is 2.29. The highest BCUT2D eigenvalue weighted by Gasteiger charge is 2.34. The maximum absolute atomic E-state index is 13.9. The quantitative estimate of drug-likeness (QED) is 0.336. The van der Waals surface area contributed by atoms with Crippen molar-refractivity contribution in [3.8, 4) is 0 Å². The third-order valence-electron chi connectivity index (χ3n) is 6.27. The van der Waals surface area contributed by atoms with Crippen molar-refractivity contribution in [2.24, 2.45) is 0 Å². The van der Waals surface area contributed by atoms with Crippen LogP contribution in [-0.4, -0.2) is 44.8 Å². The van der Waals surface area contributed by atoms with Crippen LogP contribution in [0.15, 0.2) is 77.7 Å². The number of hydrogen-bond acceptors (Lipinski definition) is 4. The number of carbonyl (C=O) groups is 2. The molecule has 1 N–H and O–H groups in total. The Balaban J connectivity index is 2.08. The smallest absolute Gasteiger partial charge is 0.264 e. The van der Waals surface area contributed by atoms with E-state index in [9.17, 15) is 18.0 Å². The van der Waals surface area contributed by atoms with E-state index < -0.39 is 28.5 Å². The molecule has 1 unspecified atom stereocenters. The Bertz CT molecular complexity index is 1350. The normalized spacial score (nSPS) is 12.0. The van der Waals surface area contributed by atoms with E-state index in [0.717, 1.165) is 16.3 Å². The molecule has 0 aliphatic heterocycles. The predicted octanol–water partition coefficient (Wildman–Crippen LogP) is 5.30. The molecule has 10 heteroatoms. The number of halogens is 2. The zero-order chi connectivity index (χ0) is 27.9. The second-order valence-electron chi connectivity index (χ2n) is 8.60. The molecule has 0 radical (unpaired) electrons. The lowest BCUT2D eigenvalue weighted by atomic mass is 10.1. The molecule has 0 spiro atoms. The van der Waals surface area contributed by atoms with Gasteiger partial charge in [0, 0.05) is 29.2 Å². The number of rotatable bonds is 11. The van der Waals surface area contributed by atoms with Gasteiger partial charge in [-0.2, -0.15) is 0 Å². The summed E-state index contributed by atoms with van der Waals surface area (Å²) in [5.41, 5.74) is 1.83. The molecule has 0 bridgehead atoms. The molecule has 0 aromatic heterocycles. The van der Waals surface area contributed by atoms with Crippen LogP contribution in [0.2, 0.25) is 10.0 Å². The van der Waals surface area contributed by atoms with Crippen LogP contribution in [0.4, 0.5) is 5.69 Å². The number of nitrogens with one attached hydrogen (secondary N) is 1. The highest BCUT2D eigenvalue weighted by molar-refractivity contribution is 7.92. The molecule has 3 aromatic carbocycles. The lowest BCUT2D eigenvalue weighted by Crippen LogP contribution is -2.51. The fraction of sp³-hybridized carbons (Fsp3) is 0.286. The largest absolute Gasteiger partial charge is 0.357 e. The number of carbonyl (C=O) groups excluding carboxylic acids is 2. The van der Waals surface area contributed by atoms with E-state index in [4.69, 9.17) is 23.2 Å². The van der Waals surface area contributed by atoms with Gasteiger partial charge in [-0.1, -0.05) is 73.4 Å². The van der Waals surface area contributed by atoms with Crippen molar-refractivity contribution in [1.82, 2.24) is 10.2 Å². The van der Waals surface area contributed by atoms with Crippen LogP contribution < -0.4 is 9.62 Å². The van der Waals surface area contributed by atoms with Crippen LogP contribution in [0.5, 0.6) is 0 Å². The predicted molar refractivity (Wildman–Crippen MR) is 152 cm³/mol. The Hall–Kier alpha value is -3.07. The fourth-order valence-corrected chi connectivity index (χ4v) is 6.04. The van der Waals surface area contributed by atoms with Gasteiger partial charge in [-0.3, -0.25) is 13.9 Å². The molecular weight excluding hydrogens is 545 g/mol. The van der Waals surface area contributed by atoms with Gasteiger partial charge in [-0.25, -0.2) is 8.42 Å². The molecule has 38 heavy (non-hydrogen) atoms. The Morgan fingerprint density at radius 1 is 0.895 bits per heavy atom. The van der Waals surface area contributed by atoms with E-state index in [2.05, 4.69) is 5.32 Å². The summed E-state index contributed by atoms with van der Waals surface area (Å²) in [6.07, 6.45) is 1.07. The first kappa shape index (κ1) is 29.5. The van der Waals surface area contributed by atoms with Gasteiger partial charge in [-0.15, -0.1) is 0 Å². The molecule has 3 rings (SSSR count). The van der Waals surface area contributed by atoms with E-state index >= 15 is 0 Å². The lowest BCUT2D eigenvalue weighted by molar-refractivity contribution is -0.140. The summed E-state index contributed by atoms with van der Waals surface area (Å²) in [5, 5.41) is 3.27. The molecule has 202 valence electrons. The summed E-state index contributed by atoms with van der Waals surface area (Å²) in [7, 11) is -2.63. The molecular formula is C28H31Cl2N3O4S. The van der Waals surface area contributed by atoms with Crippen LogP contribution in [0.25, 0.3) is 0 Å². The SMILES string of the molecule is CCc1ccc(N(CC(=O)N(Cc2c(Cl)cccc2Cl)C(CC)C(=O)NC)S(=O)(=O)c2ccccc2)cc1. The van der Waals surface area contributed by atoms with Gasteiger partial charge < -0.3 is 10.2 Å². The third kappa shape index (κ3) is 6.67. The van der Waals surface area contributed by atoms with Gasteiger partial charge in [0.25, 0.3) is 10.0 Å². The first-order chi connectivity index (χ1) is 18.1.